The standard InChI is InChI=1S/C17H18BrF2N/c1-4-21-17(12-6-5-7-13(19)16(12)18)15-11(3)8-10(2)9-14(15)20/h5-9,17,21H,4H2,1-3H3. The summed E-state index contributed by atoms with van der Waals surface area (Å²) in [7, 11) is 0. The maximum atomic E-state index is 14.5. The molecule has 1 nitrogen and oxygen atoms in total. The Bertz CT molecular complexity index is 632. The molecule has 1 N–H and O–H groups in total. The molecule has 2 aromatic rings. The summed E-state index contributed by atoms with van der Waals surface area (Å²) >= 11 is 3.27. The van der Waals surface area contributed by atoms with Gasteiger partial charge in [-0.15, -0.1) is 0 Å². The van der Waals surface area contributed by atoms with Crippen molar-refractivity contribution in [2.24, 2.45) is 0 Å². The molecule has 2 rings (SSSR count). The number of hydrogen-bond acceptors (Lipinski definition) is 1. The fourth-order valence-electron chi connectivity index (χ4n) is 2.61. The number of benzene rings is 2. The molecule has 0 radical (unpaired) electrons. The van der Waals surface area contributed by atoms with Crippen LogP contribution in [0.25, 0.3) is 0 Å². The molecule has 0 aliphatic rings. The number of aryl methyl sites for hydroxylation is 2. The lowest BCUT2D eigenvalue weighted by atomic mass is 9.93. The van der Waals surface area contributed by atoms with Gasteiger partial charge in [0, 0.05) is 5.56 Å². The van der Waals surface area contributed by atoms with Gasteiger partial charge in [0.1, 0.15) is 11.6 Å². The normalized spacial score (nSPS) is 12.5. The summed E-state index contributed by atoms with van der Waals surface area (Å²) in [6.45, 7) is 6.34. The third-order valence-corrected chi connectivity index (χ3v) is 4.31. The van der Waals surface area contributed by atoms with E-state index in [1.807, 2.05) is 26.8 Å². The fourth-order valence-corrected chi connectivity index (χ4v) is 3.10. The van der Waals surface area contributed by atoms with E-state index in [1.54, 1.807) is 12.1 Å². The molecule has 112 valence electrons. The molecule has 0 aliphatic heterocycles. The molecular weight excluding hydrogens is 336 g/mol. The summed E-state index contributed by atoms with van der Waals surface area (Å²) in [6, 6.07) is 7.89. The van der Waals surface area contributed by atoms with Gasteiger partial charge in [0.25, 0.3) is 0 Å². The van der Waals surface area contributed by atoms with Gasteiger partial charge in [-0.25, -0.2) is 8.78 Å². The van der Waals surface area contributed by atoms with Crippen LogP contribution in [0.2, 0.25) is 0 Å². The minimum atomic E-state index is -0.388. The predicted molar refractivity (Wildman–Crippen MR) is 85.5 cm³/mol. The lowest BCUT2D eigenvalue weighted by Crippen LogP contribution is -2.24. The number of nitrogens with one attached hydrogen (secondary N) is 1. The highest BCUT2D eigenvalue weighted by Crippen LogP contribution is 2.33. The summed E-state index contributed by atoms with van der Waals surface area (Å²) < 4.78 is 28.6. The SMILES string of the molecule is CCNC(c1cccc(F)c1Br)c1c(C)cc(C)cc1F. The summed E-state index contributed by atoms with van der Waals surface area (Å²) in [6.07, 6.45) is 0. The van der Waals surface area contributed by atoms with Crippen molar-refractivity contribution >= 4 is 15.9 Å². The van der Waals surface area contributed by atoms with Crippen LogP contribution < -0.4 is 5.32 Å². The molecule has 0 spiro atoms. The Hall–Kier alpha value is -1.26. The quantitative estimate of drug-likeness (QED) is 0.811. The molecule has 0 saturated heterocycles. The summed E-state index contributed by atoms with van der Waals surface area (Å²) in [4.78, 5) is 0. The second-order valence-corrected chi connectivity index (χ2v) is 5.90. The average molecular weight is 354 g/mol. The Morgan fingerprint density at radius 2 is 1.86 bits per heavy atom. The van der Waals surface area contributed by atoms with Crippen LogP contribution in [0.3, 0.4) is 0 Å². The van der Waals surface area contributed by atoms with Gasteiger partial charge in [-0.3, -0.25) is 0 Å². The van der Waals surface area contributed by atoms with Gasteiger partial charge in [-0.1, -0.05) is 25.1 Å². The Morgan fingerprint density at radius 3 is 2.48 bits per heavy atom. The third-order valence-electron chi connectivity index (χ3n) is 3.47. The van der Waals surface area contributed by atoms with E-state index >= 15 is 0 Å². The summed E-state index contributed by atoms with van der Waals surface area (Å²) in [5, 5.41) is 3.25. The predicted octanol–water partition coefficient (Wildman–Crippen LogP) is 5.04. The van der Waals surface area contributed by atoms with Crippen LogP contribution in [0, 0.1) is 25.5 Å². The van der Waals surface area contributed by atoms with Gasteiger partial charge in [-0.2, -0.15) is 0 Å². The van der Waals surface area contributed by atoms with E-state index in [9.17, 15) is 8.78 Å². The lowest BCUT2D eigenvalue weighted by Gasteiger charge is -2.23. The van der Waals surface area contributed by atoms with Gasteiger partial charge in [0.05, 0.1) is 10.5 Å². The minimum Gasteiger partial charge on any atom is -0.306 e. The highest BCUT2D eigenvalue weighted by molar-refractivity contribution is 9.10. The zero-order valence-electron chi connectivity index (χ0n) is 12.3. The molecule has 2 aromatic carbocycles. The first kappa shape index (κ1) is 16.1. The molecule has 0 saturated carbocycles. The molecule has 0 aliphatic carbocycles. The van der Waals surface area contributed by atoms with Crippen LogP contribution >= 0.6 is 15.9 Å². The molecule has 21 heavy (non-hydrogen) atoms. The molecule has 0 aromatic heterocycles. The smallest absolute Gasteiger partial charge is 0.137 e. The monoisotopic (exact) mass is 353 g/mol. The van der Waals surface area contributed by atoms with Crippen molar-refractivity contribution in [3.63, 3.8) is 0 Å². The Kier molecular flexibility index (Phi) is 5.12. The molecular formula is C17H18BrF2N. The fraction of sp³-hybridized carbons (Fsp3) is 0.294. The van der Waals surface area contributed by atoms with E-state index in [1.165, 1.54) is 12.1 Å². The molecule has 4 heteroatoms. The number of hydrogen-bond donors (Lipinski definition) is 1. The van der Waals surface area contributed by atoms with Gasteiger partial charge in [0.2, 0.25) is 0 Å². The van der Waals surface area contributed by atoms with E-state index in [0.717, 1.165) is 11.1 Å². The number of halogens is 3. The van der Waals surface area contributed by atoms with E-state index in [-0.39, 0.29) is 17.7 Å². The van der Waals surface area contributed by atoms with Crippen LogP contribution in [-0.2, 0) is 0 Å². The van der Waals surface area contributed by atoms with E-state index in [2.05, 4.69) is 21.2 Å². The van der Waals surface area contributed by atoms with Crippen molar-refractivity contribution in [2.45, 2.75) is 26.8 Å². The Balaban J connectivity index is 2.62. The average Bonchev–Trinajstić information content (AvgIpc) is 2.40. The zero-order valence-corrected chi connectivity index (χ0v) is 13.9. The Labute approximate surface area is 132 Å². The highest BCUT2D eigenvalue weighted by atomic mass is 79.9. The lowest BCUT2D eigenvalue weighted by molar-refractivity contribution is 0.548. The van der Waals surface area contributed by atoms with Gasteiger partial charge in [-0.05, 0) is 65.1 Å². The van der Waals surface area contributed by atoms with E-state index in [4.69, 9.17) is 0 Å². The van der Waals surface area contributed by atoms with Crippen LogP contribution in [0.4, 0.5) is 8.78 Å². The van der Waals surface area contributed by atoms with E-state index in [0.29, 0.717) is 22.1 Å². The van der Waals surface area contributed by atoms with Crippen molar-refractivity contribution in [3.8, 4) is 0 Å². The third kappa shape index (κ3) is 3.33. The first-order valence-corrected chi connectivity index (χ1v) is 7.69. The maximum Gasteiger partial charge on any atom is 0.137 e. The molecule has 0 fully saturated rings. The van der Waals surface area contributed by atoms with Crippen molar-refractivity contribution in [1.82, 2.24) is 5.32 Å². The molecule has 1 unspecified atom stereocenters. The van der Waals surface area contributed by atoms with Gasteiger partial charge in [0.15, 0.2) is 0 Å². The van der Waals surface area contributed by atoms with Crippen LogP contribution in [0.5, 0.6) is 0 Å². The minimum absolute atomic E-state index is 0.269. The molecule has 0 bridgehead atoms. The first-order valence-electron chi connectivity index (χ1n) is 6.89. The molecule has 1 atom stereocenters. The second kappa shape index (κ2) is 6.67. The largest absolute Gasteiger partial charge is 0.306 e. The Morgan fingerprint density at radius 1 is 1.14 bits per heavy atom. The van der Waals surface area contributed by atoms with Crippen molar-refractivity contribution in [1.29, 1.82) is 0 Å². The van der Waals surface area contributed by atoms with Crippen LogP contribution in [0.15, 0.2) is 34.8 Å². The second-order valence-electron chi connectivity index (χ2n) is 5.11. The van der Waals surface area contributed by atoms with Gasteiger partial charge >= 0.3 is 0 Å². The summed E-state index contributed by atoms with van der Waals surface area (Å²) in [5.41, 5.74) is 2.99. The van der Waals surface area contributed by atoms with Crippen LogP contribution in [-0.4, -0.2) is 6.54 Å². The van der Waals surface area contributed by atoms with Crippen LogP contribution in [0.1, 0.15) is 35.2 Å². The van der Waals surface area contributed by atoms with Crippen molar-refractivity contribution in [2.75, 3.05) is 6.54 Å². The maximum absolute atomic E-state index is 14.5. The highest BCUT2D eigenvalue weighted by Gasteiger charge is 2.22. The summed E-state index contributed by atoms with van der Waals surface area (Å²) in [5.74, 6) is -0.616. The van der Waals surface area contributed by atoms with Crippen molar-refractivity contribution in [3.05, 3.63) is 68.7 Å². The zero-order chi connectivity index (χ0) is 15.6. The molecule has 0 heterocycles. The van der Waals surface area contributed by atoms with E-state index < -0.39 is 0 Å². The first-order chi connectivity index (χ1) is 9.95. The van der Waals surface area contributed by atoms with Gasteiger partial charge < -0.3 is 5.32 Å². The van der Waals surface area contributed by atoms with Crippen molar-refractivity contribution < 1.29 is 8.78 Å². The molecule has 0 amide bonds. The number of rotatable bonds is 4. The topological polar surface area (TPSA) is 12.0 Å².